The minimum atomic E-state index is 0.423. The fourth-order valence-corrected chi connectivity index (χ4v) is 6.22. The Balaban J connectivity index is 2.94. The van der Waals surface area contributed by atoms with Crippen molar-refractivity contribution in [2.24, 2.45) is 0 Å². The third-order valence-corrected chi connectivity index (χ3v) is 8.38. The number of rotatable bonds is 22. The molecule has 0 aromatic rings. The van der Waals surface area contributed by atoms with Crippen molar-refractivity contribution < 1.29 is 0 Å². The quantitative estimate of drug-likeness (QED) is 0.123. The summed E-state index contributed by atoms with van der Waals surface area (Å²) in [5.74, 6) is 0. The molecular weight excluding hydrogens is 361 g/mol. The predicted octanol–water partition coefficient (Wildman–Crippen LogP) is 9.37. The number of hydrogen-bond donors (Lipinski definition) is 0. The molecule has 0 aliphatic rings. The molecule has 0 fully saturated rings. The van der Waals surface area contributed by atoms with Crippen LogP contribution in [0.4, 0.5) is 0 Å². The second-order valence-corrected chi connectivity index (χ2v) is 11.3. The van der Waals surface area contributed by atoms with E-state index in [2.05, 4.69) is 13.8 Å². The van der Waals surface area contributed by atoms with E-state index >= 15 is 0 Å². The molecule has 0 saturated heterocycles. The Kier molecular flexibility index (Phi) is 25.1. The van der Waals surface area contributed by atoms with Crippen LogP contribution < -0.4 is 0 Å². The van der Waals surface area contributed by atoms with Gasteiger partial charge in [-0.05, 0) is 0 Å². The standard InChI is InChI=1S/C24H50Ge/c1-3-5-7-9-11-13-15-17-19-21-23-25-24-22-20-18-16-14-12-10-8-6-4-2/h3-24H2,1-2H3. The van der Waals surface area contributed by atoms with E-state index < -0.39 is 0 Å². The minimum absolute atomic E-state index is 0.423. The van der Waals surface area contributed by atoms with Gasteiger partial charge in [-0.3, -0.25) is 0 Å². The molecule has 0 spiro atoms. The number of hydrogen-bond acceptors (Lipinski definition) is 0. The molecule has 0 aliphatic heterocycles. The van der Waals surface area contributed by atoms with Gasteiger partial charge in [0.15, 0.2) is 0 Å². The monoisotopic (exact) mass is 412 g/mol. The molecular formula is C24H50Ge. The van der Waals surface area contributed by atoms with Crippen LogP contribution in [0.1, 0.15) is 142 Å². The van der Waals surface area contributed by atoms with E-state index in [1.54, 1.807) is 23.3 Å². The Hall–Kier alpha value is 0.543. The van der Waals surface area contributed by atoms with E-state index in [1.807, 2.05) is 0 Å². The zero-order valence-corrected chi connectivity index (χ0v) is 20.2. The summed E-state index contributed by atoms with van der Waals surface area (Å²) in [6, 6.07) is 0. The molecule has 0 bridgehead atoms. The van der Waals surface area contributed by atoms with E-state index in [0.29, 0.717) is 15.4 Å². The first-order chi connectivity index (χ1) is 12.4. The Morgan fingerprint density at radius 2 is 0.560 bits per heavy atom. The van der Waals surface area contributed by atoms with Gasteiger partial charge in [-0.15, -0.1) is 0 Å². The van der Waals surface area contributed by atoms with Crippen molar-refractivity contribution >= 4 is 15.4 Å². The Morgan fingerprint density at radius 3 is 0.840 bits per heavy atom. The van der Waals surface area contributed by atoms with E-state index in [-0.39, 0.29) is 0 Å². The topological polar surface area (TPSA) is 0 Å². The fraction of sp³-hybridized carbons (Fsp3) is 1.00. The van der Waals surface area contributed by atoms with Crippen LogP contribution in [0, 0.1) is 0 Å². The maximum atomic E-state index is 2.31. The normalized spacial score (nSPS) is 11.3. The van der Waals surface area contributed by atoms with Gasteiger partial charge >= 0.3 is 168 Å². The van der Waals surface area contributed by atoms with Crippen molar-refractivity contribution in [3.05, 3.63) is 0 Å². The fourth-order valence-electron chi connectivity index (χ4n) is 3.60. The van der Waals surface area contributed by atoms with E-state index in [1.165, 1.54) is 116 Å². The summed E-state index contributed by atoms with van der Waals surface area (Å²) in [5, 5.41) is 3.24. The summed E-state index contributed by atoms with van der Waals surface area (Å²) in [6.45, 7) is 4.61. The summed E-state index contributed by atoms with van der Waals surface area (Å²) >= 11 is 0.423. The van der Waals surface area contributed by atoms with Crippen molar-refractivity contribution in [1.82, 2.24) is 0 Å². The van der Waals surface area contributed by atoms with Gasteiger partial charge < -0.3 is 0 Å². The Labute approximate surface area is 168 Å². The molecule has 0 rings (SSSR count). The molecule has 1 heteroatoms. The molecule has 0 N–H and O–H groups in total. The zero-order valence-electron chi connectivity index (χ0n) is 18.1. The van der Waals surface area contributed by atoms with Gasteiger partial charge in [0, 0.05) is 0 Å². The Morgan fingerprint density at radius 1 is 0.320 bits per heavy atom. The first-order valence-electron chi connectivity index (χ1n) is 12.1. The first-order valence-corrected chi connectivity index (χ1v) is 15.1. The van der Waals surface area contributed by atoms with Crippen molar-refractivity contribution in [3.63, 3.8) is 0 Å². The average molecular weight is 411 g/mol. The van der Waals surface area contributed by atoms with Gasteiger partial charge in [0.25, 0.3) is 0 Å². The van der Waals surface area contributed by atoms with E-state index in [9.17, 15) is 0 Å². The summed E-state index contributed by atoms with van der Waals surface area (Å²) in [7, 11) is 0. The summed E-state index contributed by atoms with van der Waals surface area (Å²) in [6.07, 6.45) is 29.7. The zero-order chi connectivity index (χ0) is 18.3. The van der Waals surface area contributed by atoms with Gasteiger partial charge in [-0.2, -0.15) is 0 Å². The van der Waals surface area contributed by atoms with E-state index in [4.69, 9.17) is 0 Å². The van der Waals surface area contributed by atoms with Crippen molar-refractivity contribution in [2.45, 2.75) is 153 Å². The third kappa shape index (κ3) is 24.5. The second-order valence-electron chi connectivity index (χ2n) is 8.11. The predicted molar refractivity (Wildman–Crippen MR) is 119 cm³/mol. The summed E-state index contributed by atoms with van der Waals surface area (Å²) < 4.78 is 0. The molecule has 0 aromatic carbocycles. The van der Waals surface area contributed by atoms with Gasteiger partial charge in [0.2, 0.25) is 0 Å². The van der Waals surface area contributed by atoms with Crippen LogP contribution in [0.15, 0.2) is 0 Å². The molecule has 0 amide bonds. The van der Waals surface area contributed by atoms with Crippen molar-refractivity contribution in [1.29, 1.82) is 0 Å². The molecule has 0 nitrogen and oxygen atoms in total. The van der Waals surface area contributed by atoms with Crippen molar-refractivity contribution in [2.75, 3.05) is 0 Å². The number of unbranched alkanes of at least 4 members (excludes halogenated alkanes) is 18. The van der Waals surface area contributed by atoms with Gasteiger partial charge in [-0.1, -0.05) is 0 Å². The molecule has 0 atom stereocenters. The first kappa shape index (κ1) is 25.5. The summed E-state index contributed by atoms with van der Waals surface area (Å²) in [4.78, 5) is 0. The SMILES string of the molecule is CCCCCCCCCCC[CH2][Ge][CH2]CCCCCCCCCCC. The molecule has 0 heterocycles. The molecule has 0 saturated carbocycles. The average Bonchev–Trinajstić information content (AvgIpc) is 2.63. The van der Waals surface area contributed by atoms with Gasteiger partial charge in [0.1, 0.15) is 0 Å². The Bertz CT molecular complexity index is 192. The maximum absolute atomic E-state index is 2.31. The second kappa shape index (κ2) is 24.5. The van der Waals surface area contributed by atoms with Crippen LogP contribution in [0.3, 0.4) is 0 Å². The molecule has 150 valence electrons. The molecule has 0 aromatic heterocycles. The van der Waals surface area contributed by atoms with Crippen LogP contribution >= 0.6 is 0 Å². The third-order valence-electron chi connectivity index (χ3n) is 5.41. The summed E-state index contributed by atoms with van der Waals surface area (Å²) in [5.41, 5.74) is 0. The van der Waals surface area contributed by atoms with Gasteiger partial charge in [0.05, 0.1) is 0 Å². The van der Waals surface area contributed by atoms with Gasteiger partial charge in [-0.25, -0.2) is 0 Å². The van der Waals surface area contributed by atoms with Crippen molar-refractivity contribution in [3.8, 4) is 0 Å². The van der Waals surface area contributed by atoms with Crippen LogP contribution in [-0.2, 0) is 0 Å². The van der Waals surface area contributed by atoms with Crippen LogP contribution in [0.25, 0.3) is 0 Å². The molecule has 0 unspecified atom stereocenters. The molecule has 0 aliphatic carbocycles. The van der Waals surface area contributed by atoms with Crippen LogP contribution in [0.5, 0.6) is 0 Å². The molecule has 2 radical (unpaired) electrons. The van der Waals surface area contributed by atoms with Crippen LogP contribution in [-0.4, -0.2) is 15.4 Å². The molecule has 25 heavy (non-hydrogen) atoms. The van der Waals surface area contributed by atoms with E-state index in [0.717, 1.165) is 0 Å². The van der Waals surface area contributed by atoms with Crippen LogP contribution in [0.2, 0.25) is 10.5 Å².